The Labute approximate surface area is 148 Å². The molecule has 3 aromatic rings. The maximum absolute atomic E-state index is 5.34. The molecule has 5 nitrogen and oxygen atoms in total. The van der Waals surface area contributed by atoms with Crippen LogP contribution in [0.4, 0.5) is 5.82 Å². The summed E-state index contributed by atoms with van der Waals surface area (Å²) in [6.45, 7) is 2.76. The minimum atomic E-state index is 0.625. The lowest BCUT2D eigenvalue weighted by molar-refractivity contribution is 0.393. The Morgan fingerprint density at radius 1 is 0.960 bits per heavy atom. The zero-order valence-electron chi connectivity index (χ0n) is 14.9. The summed E-state index contributed by atoms with van der Waals surface area (Å²) >= 11 is 0. The van der Waals surface area contributed by atoms with Crippen molar-refractivity contribution in [2.45, 2.75) is 26.3 Å². The van der Waals surface area contributed by atoms with Gasteiger partial charge in [0.2, 0.25) is 0 Å². The van der Waals surface area contributed by atoms with Gasteiger partial charge in [-0.25, -0.2) is 9.97 Å². The smallest absolute Gasteiger partial charge is 0.137 e. The minimum absolute atomic E-state index is 0.625. The molecule has 3 rings (SSSR count). The highest BCUT2D eigenvalue weighted by molar-refractivity contribution is 5.88. The molecule has 0 saturated heterocycles. The van der Waals surface area contributed by atoms with Crippen molar-refractivity contribution < 1.29 is 9.47 Å². The Kier molecular flexibility index (Phi) is 5.33. The fourth-order valence-corrected chi connectivity index (χ4v) is 2.75. The zero-order chi connectivity index (χ0) is 17.6. The van der Waals surface area contributed by atoms with Crippen molar-refractivity contribution in [1.29, 1.82) is 0 Å². The molecule has 1 aromatic heterocycles. The summed E-state index contributed by atoms with van der Waals surface area (Å²) in [5, 5.41) is 4.47. The van der Waals surface area contributed by atoms with Gasteiger partial charge in [0.15, 0.2) is 0 Å². The number of aromatic nitrogens is 2. The van der Waals surface area contributed by atoms with Gasteiger partial charge in [0.25, 0.3) is 0 Å². The fourth-order valence-electron chi connectivity index (χ4n) is 2.75. The number of hydrogen-bond acceptors (Lipinski definition) is 5. The van der Waals surface area contributed by atoms with Crippen LogP contribution in [0.15, 0.2) is 42.5 Å². The Hall–Kier alpha value is -2.82. The van der Waals surface area contributed by atoms with Gasteiger partial charge in [0.05, 0.1) is 19.7 Å². The van der Waals surface area contributed by atoms with E-state index in [1.807, 2.05) is 42.5 Å². The Balaban J connectivity index is 1.90. The summed E-state index contributed by atoms with van der Waals surface area (Å²) in [7, 11) is 3.31. The standard InChI is InChI=1S/C20H23N3O2/c1-4-7-19-22-18-9-6-5-8-17(18)20(23-19)21-13-14-10-15(24-2)12-16(11-14)25-3/h5-6,8-12H,4,7,13H2,1-3H3,(H,21,22,23). The van der Waals surface area contributed by atoms with E-state index in [0.29, 0.717) is 6.54 Å². The van der Waals surface area contributed by atoms with E-state index in [-0.39, 0.29) is 0 Å². The lowest BCUT2D eigenvalue weighted by Gasteiger charge is -2.12. The van der Waals surface area contributed by atoms with E-state index in [0.717, 1.165) is 52.4 Å². The van der Waals surface area contributed by atoms with Crippen molar-refractivity contribution >= 4 is 16.7 Å². The number of benzene rings is 2. The van der Waals surface area contributed by atoms with E-state index in [4.69, 9.17) is 14.5 Å². The van der Waals surface area contributed by atoms with Crippen LogP contribution in [-0.2, 0) is 13.0 Å². The monoisotopic (exact) mass is 337 g/mol. The molecular formula is C20H23N3O2. The predicted molar refractivity (Wildman–Crippen MR) is 100 cm³/mol. The van der Waals surface area contributed by atoms with E-state index in [1.54, 1.807) is 14.2 Å². The van der Waals surface area contributed by atoms with Gasteiger partial charge in [-0.05, 0) is 36.2 Å². The van der Waals surface area contributed by atoms with Gasteiger partial charge in [0, 0.05) is 24.4 Å². The first-order valence-electron chi connectivity index (χ1n) is 8.45. The van der Waals surface area contributed by atoms with Crippen LogP contribution in [0.5, 0.6) is 11.5 Å². The summed E-state index contributed by atoms with van der Waals surface area (Å²) in [6, 6.07) is 13.9. The second kappa shape index (κ2) is 7.83. The van der Waals surface area contributed by atoms with Crippen LogP contribution in [0.25, 0.3) is 10.9 Å². The molecule has 0 aliphatic carbocycles. The van der Waals surface area contributed by atoms with Crippen LogP contribution in [0.2, 0.25) is 0 Å². The number of anilines is 1. The number of fused-ring (bicyclic) bond motifs is 1. The van der Waals surface area contributed by atoms with Gasteiger partial charge >= 0.3 is 0 Å². The lowest BCUT2D eigenvalue weighted by atomic mass is 10.2. The molecule has 0 amide bonds. The number of aryl methyl sites for hydroxylation is 1. The van der Waals surface area contributed by atoms with E-state index in [1.165, 1.54) is 0 Å². The van der Waals surface area contributed by atoms with Crippen LogP contribution in [0, 0.1) is 0 Å². The second-order valence-corrected chi connectivity index (χ2v) is 5.83. The van der Waals surface area contributed by atoms with Crippen LogP contribution in [0.3, 0.4) is 0 Å². The molecule has 5 heteroatoms. The number of ether oxygens (including phenoxy) is 2. The van der Waals surface area contributed by atoms with Crippen molar-refractivity contribution in [2.75, 3.05) is 19.5 Å². The third-order valence-corrected chi connectivity index (χ3v) is 3.99. The molecule has 0 atom stereocenters. The molecule has 0 aliphatic heterocycles. The summed E-state index contributed by atoms with van der Waals surface area (Å²) in [6.07, 6.45) is 1.89. The topological polar surface area (TPSA) is 56.3 Å². The Bertz CT molecular complexity index is 842. The van der Waals surface area contributed by atoms with Crippen LogP contribution >= 0.6 is 0 Å². The second-order valence-electron chi connectivity index (χ2n) is 5.83. The average molecular weight is 337 g/mol. The molecule has 1 N–H and O–H groups in total. The first-order valence-corrected chi connectivity index (χ1v) is 8.45. The minimum Gasteiger partial charge on any atom is -0.497 e. The van der Waals surface area contributed by atoms with Gasteiger partial charge in [-0.2, -0.15) is 0 Å². The molecule has 25 heavy (non-hydrogen) atoms. The summed E-state index contributed by atoms with van der Waals surface area (Å²) in [5.41, 5.74) is 2.03. The molecule has 2 aromatic carbocycles. The molecular weight excluding hydrogens is 314 g/mol. The SMILES string of the molecule is CCCc1nc(NCc2cc(OC)cc(OC)c2)c2ccccc2n1. The first-order chi connectivity index (χ1) is 12.2. The van der Waals surface area contributed by atoms with Crippen LogP contribution in [0.1, 0.15) is 24.7 Å². The van der Waals surface area contributed by atoms with Crippen molar-refractivity contribution in [2.24, 2.45) is 0 Å². The van der Waals surface area contributed by atoms with E-state index < -0.39 is 0 Å². The predicted octanol–water partition coefficient (Wildman–Crippen LogP) is 4.21. The normalized spacial score (nSPS) is 10.7. The molecule has 130 valence electrons. The average Bonchev–Trinajstić information content (AvgIpc) is 2.66. The van der Waals surface area contributed by atoms with Gasteiger partial charge in [0.1, 0.15) is 23.1 Å². The Morgan fingerprint density at radius 2 is 1.68 bits per heavy atom. The molecule has 0 radical (unpaired) electrons. The van der Waals surface area contributed by atoms with Crippen LogP contribution in [-0.4, -0.2) is 24.2 Å². The number of nitrogens with zero attached hydrogens (tertiary/aromatic N) is 2. The number of rotatable bonds is 7. The first kappa shape index (κ1) is 17.0. The molecule has 0 saturated carbocycles. The summed E-state index contributed by atoms with van der Waals surface area (Å²) in [5.74, 6) is 3.27. The van der Waals surface area contributed by atoms with Crippen molar-refractivity contribution in [3.05, 3.63) is 53.9 Å². The number of hydrogen-bond donors (Lipinski definition) is 1. The third kappa shape index (κ3) is 3.99. The number of nitrogens with one attached hydrogen (secondary N) is 1. The largest absolute Gasteiger partial charge is 0.497 e. The third-order valence-electron chi connectivity index (χ3n) is 3.99. The summed E-state index contributed by atoms with van der Waals surface area (Å²) < 4.78 is 10.7. The van der Waals surface area contributed by atoms with Gasteiger partial charge in [-0.3, -0.25) is 0 Å². The highest BCUT2D eigenvalue weighted by Crippen LogP contribution is 2.25. The fraction of sp³-hybridized carbons (Fsp3) is 0.300. The molecule has 1 heterocycles. The van der Waals surface area contributed by atoms with E-state index in [2.05, 4.69) is 17.2 Å². The van der Waals surface area contributed by atoms with Gasteiger partial charge in [-0.1, -0.05) is 19.1 Å². The maximum Gasteiger partial charge on any atom is 0.137 e. The molecule has 0 unspecified atom stereocenters. The van der Waals surface area contributed by atoms with E-state index in [9.17, 15) is 0 Å². The molecule has 0 bridgehead atoms. The van der Waals surface area contributed by atoms with Crippen molar-refractivity contribution in [1.82, 2.24) is 9.97 Å². The number of methoxy groups -OCH3 is 2. The highest BCUT2D eigenvalue weighted by Gasteiger charge is 2.08. The van der Waals surface area contributed by atoms with Gasteiger partial charge < -0.3 is 14.8 Å². The molecule has 0 spiro atoms. The quantitative estimate of drug-likeness (QED) is 0.700. The molecule has 0 aliphatic rings. The van der Waals surface area contributed by atoms with Gasteiger partial charge in [-0.15, -0.1) is 0 Å². The maximum atomic E-state index is 5.34. The number of para-hydroxylation sites is 1. The zero-order valence-corrected chi connectivity index (χ0v) is 14.9. The molecule has 0 fully saturated rings. The Morgan fingerprint density at radius 3 is 2.36 bits per heavy atom. The van der Waals surface area contributed by atoms with E-state index >= 15 is 0 Å². The van der Waals surface area contributed by atoms with Crippen molar-refractivity contribution in [3.8, 4) is 11.5 Å². The highest BCUT2D eigenvalue weighted by atomic mass is 16.5. The lowest BCUT2D eigenvalue weighted by Crippen LogP contribution is -2.06. The van der Waals surface area contributed by atoms with Crippen molar-refractivity contribution in [3.63, 3.8) is 0 Å². The van der Waals surface area contributed by atoms with Crippen LogP contribution < -0.4 is 14.8 Å². The summed E-state index contributed by atoms with van der Waals surface area (Å²) in [4.78, 5) is 9.35.